The number of amides is 1. The average molecular weight is 205 g/mol. The number of carbonyl (C=O) groups is 1. The van der Waals surface area contributed by atoms with Gasteiger partial charge in [-0.2, -0.15) is 0 Å². The molecule has 2 rings (SSSR count). The summed E-state index contributed by atoms with van der Waals surface area (Å²) in [6, 6.07) is 7.17. The molecule has 0 aromatic heterocycles. The first-order valence-electron chi connectivity index (χ1n) is 5.15. The highest BCUT2D eigenvalue weighted by molar-refractivity contribution is 5.95. The van der Waals surface area contributed by atoms with Gasteiger partial charge in [0.25, 0.3) is 0 Å². The molecule has 1 unspecified atom stereocenters. The normalized spacial score (nSPS) is 20.1. The number of hydrogen-bond acceptors (Lipinski definition) is 3. The SMILES string of the molecule is Nc1cccc(NC(=O)C2CCCN2)c1. The summed E-state index contributed by atoms with van der Waals surface area (Å²) >= 11 is 0. The van der Waals surface area contributed by atoms with E-state index in [2.05, 4.69) is 10.6 Å². The number of hydrogen-bond donors (Lipinski definition) is 3. The second kappa shape index (κ2) is 4.31. The second-order valence-corrected chi connectivity index (χ2v) is 3.76. The first kappa shape index (κ1) is 9.98. The van der Waals surface area contributed by atoms with Crippen molar-refractivity contribution in [3.05, 3.63) is 24.3 Å². The minimum absolute atomic E-state index is 0.0260. The first-order chi connectivity index (χ1) is 7.25. The van der Waals surface area contributed by atoms with Crippen molar-refractivity contribution < 1.29 is 4.79 Å². The Bertz CT molecular complexity index is 359. The lowest BCUT2D eigenvalue weighted by Crippen LogP contribution is -2.35. The van der Waals surface area contributed by atoms with E-state index in [1.165, 1.54) is 0 Å². The lowest BCUT2D eigenvalue weighted by molar-refractivity contribution is -0.117. The Hall–Kier alpha value is -1.55. The summed E-state index contributed by atoms with van der Waals surface area (Å²) in [5.74, 6) is 0.0260. The predicted molar refractivity (Wildman–Crippen MR) is 60.5 cm³/mol. The van der Waals surface area contributed by atoms with Crippen LogP contribution in [0.3, 0.4) is 0 Å². The Kier molecular flexibility index (Phi) is 2.87. The Morgan fingerprint density at radius 3 is 3.07 bits per heavy atom. The number of carbonyl (C=O) groups excluding carboxylic acids is 1. The van der Waals surface area contributed by atoms with Gasteiger partial charge in [-0.15, -0.1) is 0 Å². The van der Waals surface area contributed by atoms with Gasteiger partial charge in [0.05, 0.1) is 6.04 Å². The number of nitrogens with two attached hydrogens (primary N) is 1. The van der Waals surface area contributed by atoms with E-state index in [9.17, 15) is 4.79 Å². The minimum atomic E-state index is -0.0496. The molecule has 1 heterocycles. The van der Waals surface area contributed by atoms with Gasteiger partial charge in [0, 0.05) is 11.4 Å². The minimum Gasteiger partial charge on any atom is -0.399 e. The number of anilines is 2. The summed E-state index contributed by atoms with van der Waals surface area (Å²) < 4.78 is 0. The highest BCUT2D eigenvalue weighted by Gasteiger charge is 2.21. The van der Waals surface area contributed by atoms with Crippen molar-refractivity contribution in [2.45, 2.75) is 18.9 Å². The summed E-state index contributed by atoms with van der Waals surface area (Å²) in [6.45, 7) is 0.926. The van der Waals surface area contributed by atoms with Gasteiger partial charge in [0.2, 0.25) is 5.91 Å². The van der Waals surface area contributed by atoms with Gasteiger partial charge in [-0.25, -0.2) is 0 Å². The highest BCUT2D eigenvalue weighted by atomic mass is 16.2. The molecule has 0 aliphatic carbocycles. The standard InChI is InChI=1S/C11H15N3O/c12-8-3-1-4-9(7-8)14-11(15)10-5-2-6-13-10/h1,3-4,7,10,13H,2,5-6,12H2,(H,14,15). The van der Waals surface area contributed by atoms with Crippen LogP contribution in [0.1, 0.15) is 12.8 Å². The molecule has 1 aliphatic rings. The maximum absolute atomic E-state index is 11.7. The molecule has 1 saturated heterocycles. The molecular weight excluding hydrogens is 190 g/mol. The van der Waals surface area contributed by atoms with E-state index in [1.807, 2.05) is 12.1 Å². The van der Waals surface area contributed by atoms with Crippen LogP contribution in [0.4, 0.5) is 11.4 Å². The predicted octanol–water partition coefficient (Wildman–Crippen LogP) is 0.959. The maximum Gasteiger partial charge on any atom is 0.241 e. The lowest BCUT2D eigenvalue weighted by Gasteiger charge is -2.11. The zero-order valence-electron chi connectivity index (χ0n) is 8.49. The number of nitrogen functional groups attached to an aromatic ring is 1. The third-order valence-corrected chi connectivity index (χ3v) is 2.53. The van der Waals surface area contributed by atoms with Gasteiger partial charge in [0.15, 0.2) is 0 Å². The van der Waals surface area contributed by atoms with E-state index in [0.29, 0.717) is 5.69 Å². The third-order valence-electron chi connectivity index (χ3n) is 2.53. The van der Waals surface area contributed by atoms with Gasteiger partial charge in [0.1, 0.15) is 0 Å². The average Bonchev–Trinajstić information content (AvgIpc) is 2.70. The molecule has 1 aromatic rings. The van der Waals surface area contributed by atoms with Crippen molar-refractivity contribution in [1.29, 1.82) is 0 Å². The fourth-order valence-electron chi connectivity index (χ4n) is 1.75. The van der Waals surface area contributed by atoms with Crippen molar-refractivity contribution in [3.63, 3.8) is 0 Å². The summed E-state index contributed by atoms with van der Waals surface area (Å²) in [6.07, 6.45) is 1.98. The molecule has 0 radical (unpaired) electrons. The summed E-state index contributed by atoms with van der Waals surface area (Å²) in [4.78, 5) is 11.7. The molecule has 4 heteroatoms. The molecule has 1 atom stereocenters. The van der Waals surface area contributed by atoms with E-state index < -0.39 is 0 Å². The van der Waals surface area contributed by atoms with Crippen LogP contribution in [-0.4, -0.2) is 18.5 Å². The Labute approximate surface area is 88.9 Å². The quantitative estimate of drug-likeness (QED) is 0.630. The molecule has 1 amide bonds. The van der Waals surface area contributed by atoms with Crippen molar-refractivity contribution in [3.8, 4) is 0 Å². The zero-order valence-corrected chi connectivity index (χ0v) is 8.49. The summed E-state index contributed by atoms with van der Waals surface area (Å²) in [7, 11) is 0. The van der Waals surface area contributed by atoms with Gasteiger partial charge >= 0.3 is 0 Å². The summed E-state index contributed by atoms with van der Waals surface area (Å²) in [5, 5.41) is 5.99. The van der Waals surface area contributed by atoms with Crippen molar-refractivity contribution in [2.75, 3.05) is 17.6 Å². The number of nitrogens with one attached hydrogen (secondary N) is 2. The Morgan fingerprint density at radius 2 is 2.40 bits per heavy atom. The van der Waals surface area contributed by atoms with E-state index in [1.54, 1.807) is 12.1 Å². The molecule has 1 fully saturated rings. The molecular formula is C11H15N3O. The number of rotatable bonds is 2. The monoisotopic (exact) mass is 205 g/mol. The fourth-order valence-corrected chi connectivity index (χ4v) is 1.75. The Morgan fingerprint density at radius 1 is 1.53 bits per heavy atom. The summed E-state index contributed by atoms with van der Waals surface area (Å²) in [5.41, 5.74) is 7.04. The van der Waals surface area contributed by atoms with E-state index in [-0.39, 0.29) is 11.9 Å². The van der Waals surface area contributed by atoms with E-state index >= 15 is 0 Å². The van der Waals surface area contributed by atoms with Crippen LogP contribution in [0.15, 0.2) is 24.3 Å². The smallest absolute Gasteiger partial charge is 0.241 e. The van der Waals surface area contributed by atoms with Crippen LogP contribution in [0.5, 0.6) is 0 Å². The molecule has 1 aliphatic heterocycles. The zero-order chi connectivity index (χ0) is 10.7. The molecule has 0 spiro atoms. The largest absolute Gasteiger partial charge is 0.399 e. The molecule has 1 aromatic carbocycles. The fraction of sp³-hybridized carbons (Fsp3) is 0.364. The van der Waals surface area contributed by atoms with Crippen LogP contribution in [-0.2, 0) is 4.79 Å². The topological polar surface area (TPSA) is 67.1 Å². The van der Waals surface area contributed by atoms with Gasteiger partial charge in [-0.3, -0.25) is 4.79 Å². The van der Waals surface area contributed by atoms with Crippen LogP contribution in [0, 0.1) is 0 Å². The van der Waals surface area contributed by atoms with Crippen molar-refractivity contribution in [2.24, 2.45) is 0 Å². The Balaban J connectivity index is 1.99. The van der Waals surface area contributed by atoms with E-state index in [4.69, 9.17) is 5.73 Å². The van der Waals surface area contributed by atoms with Gasteiger partial charge in [-0.05, 0) is 37.6 Å². The van der Waals surface area contributed by atoms with Crippen molar-refractivity contribution in [1.82, 2.24) is 5.32 Å². The van der Waals surface area contributed by atoms with Crippen LogP contribution >= 0.6 is 0 Å². The molecule has 15 heavy (non-hydrogen) atoms. The molecule has 0 saturated carbocycles. The number of benzene rings is 1. The lowest BCUT2D eigenvalue weighted by atomic mass is 10.2. The van der Waals surface area contributed by atoms with E-state index in [0.717, 1.165) is 25.1 Å². The van der Waals surface area contributed by atoms with Crippen molar-refractivity contribution >= 4 is 17.3 Å². The van der Waals surface area contributed by atoms with Crippen LogP contribution < -0.4 is 16.4 Å². The maximum atomic E-state index is 11.7. The molecule has 4 N–H and O–H groups in total. The third kappa shape index (κ3) is 2.47. The first-order valence-corrected chi connectivity index (χ1v) is 5.15. The molecule has 0 bridgehead atoms. The van der Waals surface area contributed by atoms with Crippen LogP contribution in [0.2, 0.25) is 0 Å². The van der Waals surface area contributed by atoms with Gasteiger partial charge < -0.3 is 16.4 Å². The molecule has 80 valence electrons. The second-order valence-electron chi connectivity index (χ2n) is 3.76. The molecule has 4 nitrogen and oxygen atoms in total. The highest BCUT2D eigenvalue weighted by Crippen LogP contribution is 2.13. The van der Waals surface area contributed by atoms with Gasteiger partial charge in [-0.1, -0.05) is 6.07 Å². The van der Waals surface area contributed by atoms with Crippen LogP contribution in [0.25, 0.3) is 0 Å².